The van der Waals surface area contributed by atoms with Gasteiger partial charge >= 0.3 is 6.03 Å². The van der Waals surface area contributed by atoms with Crippen LogP contribution in [0.15, 0.2) is 30.5 Å². The fraction of sp³-hybridized carbons (Fsp3) is 0.357. The molecule has 104 valence electrons. The molecule has 0 bridgehead atoms. The van der Waals surface area contributed by atoms with Crippen LogP contribution >= 0.6 is 0 Å². The van der Waals surface area contributed by atoms with Gasteiger partial charge in [0.2, 0.25) is 0 Å². The summed E-state index contributed by atoms with van der Waals surface area (Å²) in [6, 6.07) is 4.87. The summed E-state index contributed by atoms with van der Waals surface area (Å²) in [5, 5.41) is 5.33. The molecule has 0 atom stereocenters. The predicted octanol–water partition coefficient (Wildman–Crippen LogP) is 3.00. The Labute approximate surface area is 113 Å². The zero-order chi connectivity index (χ0) is 14.3. The van der Waals surface area contributed by atoms with Crippen LogP contribution in [0.2, 0.25) is 0 Å². The van der Waals surface area contributed by atoms with E-state index in [1.165, 1.54) is 0 Å². The van der Waals surface area contributed by atoms with Crippen LogP contribution in [-0.4, -0.2) is 20.3 Å². The number of hydrogen-bond acceptors (Lipinski definition) is 3. The van der Waals surface area contributed by atoms with E-state index in [9.17, 15) is 4.79 Å². The second-order valence-corrected chi connectivity index (χ2v) is 4.27. The van der Waals surface area contributed by atoms with Gasteiger partial charge in [0.25, 0.3) is 0 Å². The largest absolute Gasteiger partial charge is 0.493 e. The minimum absolute atomic E-state index is 0.302. The summed E-state index contributed by atoms with van der Waals surface area (Å²) in [6.45, 7) is 4.06. The molecule has 0 aliphatic heterocycles. The molecule has 5 nitrogen and oxygen atoms in total. The Kier molecular flexibility index (Phi) is 5.73. The highest BCUT2D eigenvalue weighted by atomic mass is 16.5. The molecular weight excluding hydrogens is 244 g/mol. The Bertz CT molecular complexity index is 456. The maximum absolute atomic E-state index is 11.6. The zero-order valence-electron chi connectivity index (χ0n) is 11.7. The summed E-state index contributed by atoms with van der Waals surface area (Å²) in [5.41, 5.74) is 0.632. The number of benzene rings is 1. The number of amides is 2. The lowest BCUT2D eigenvalue weighted by atomic mass is 10.2. The Morgan fingerprint density at radius 2 is 1.89 bits per heavy atom. The molecule has 0 heterocycles. The molecule has 0 unspecified atom stereocenters. The van der Waals surface area contributed by atoms with Crippen molar-refractivity contribution in [3.05, 3.63) is 30.5 Å². The van der Waals surface area contributed by atoms with Crippen molar-refractivity contribution in [2.45, 2.75) is 13.8 Å². The van der Waals surface area contributed by atoms with Gasteiger partial charge in [0.05, 0.1) is 14.2 Å². The van der Waals surface area contributed by atoms with E-state index in [1.54, 1.807) is 38.6 Å². The van der Waals surface area contributed by atoms with Crippen LogP contribution in [0.1, 0.15) is 13.8 Å². The van der Waals surface area contributed by atoms with Crippen molar-refractivity contribution >= 4 is 11.7 Å². The van der Waals surface area contributed by atoms with Gasteiger partial charge in [0.15, 0.2) is 11.5 Å². The van der Waals surface area contributed by atoms with E-state index in [0.29, 0.717) is 23.1 Å². The van der Waals surface area contributed by atoms with Crippen LogP contribution in [0.4, 0.5) is 10.5 Å². The maximum atomic E-state index is 11.6. The normalized spacial score (nSPS) is 10.6. The lowest BCUT2D eigenvalue weighted by Gasteiger charge is -2.10. The van der Waals surface area contributed by atoms with Gasteiger partial charge in [0.1, 0.15) is 0 Å². The summed E-state index contributed by atoms with van der Waals surface area (Å²) in [5.74, 6) is 1.58. The molecule has 2 amide bonds. The number of anilines is 1. The Balaban J connectivity index is 2.64. The first-order valence-corrected chi connectivity index (χ1v) is 6.03. The molecule has 2 N–H and O–H groups in total. The molecule has 0 aliphatic carbocycles. The van der Waals surface area contributed by atoms with Crippen LogP contribution in [-0.2, 0) is 0 Å². The summed E-state index contributed by atoms with van der Waals surface area (Å²) >= 11 is 0. The fourth-order valence-corrected chi connectivity index (χ4v) is 1.40. The first-order chi connectivity index (χ1) is 9.06. The van der Waals surface area contributed by atoms with Crippen LogP contribution in [0.5, 0.6) is 11.5 Å². The van der Waals surface area contributed by atoms with Crippen molar-refractivity contribution in [3.8, 4) is 11.5 Å². The average molecular weight is 264 g/mol. The molecule has 0 radical (unpaired) electrons. The highest BCUT2D eigenvalue weighted by molar-refractivity contribution is 5.90. The summed E-state index contributed by atoms with van der Waals surface area (Å²) in [4.78, 5) is 11.6. The van der Waals surface area contributed by atoms with Crippen molar-refractivity contribution in [1.29, 1.82) is 0 Å². The fourth-order valence-electron chi connectivity index (χ4n) is 1.40. The highest BCUT2D eigenvalue weighted by Crippen LogP contribution is 2.29. The smallest absolute Gasteiger partial charge is 0.323 e. The Morgan fingerprint density at radius 1 is 1.21 bits per heavy atom. The Hall–Kier alpha value is -2.17. The third-order valence-corrected chi connectivity index (χ3v) is 2.34. The highest BCUT2D eigenvalue weighted by Gasteiger charge is 2.06. The third-order valence-electron chi connectivity index (χ3n) is 2.34. The van der Waals surface area contributed by atoms with Gasteiger partial charge in [-0.2, -0.15) is 0 Å². The van der Waals surface area contributed by atoms with E-state index in [-0.39, 0.29) is 6.03 Å². The molecule has 0 fully saturated rings. The van der Waals surface area contributed by atoms with E-state index in [4.69, 9.17) is 9.47 Å². The summed E-state index contributed by atoms with van der Waals surface area (Å²) in [6.07, 6.45) is 3.52. The number of carbonyl (C=O) groups excluding carboxylic acids is 1. The number of ether oxygens (including phenoxy) is 2. The van der Waals surface area contributed by atoms with Gasteiger partial charge < -0.3 is 20.1 Å². The van der Waals surface area contributed by atoms with Crippen LogP contribution < -0.4 is 20.1 Å². The predicted molar refractivity (Wildman–Crippen MR) is 75.7 cm³/mol. The number of urea groups is 1. The van der Waals surface area contributed by atoms with Gasteiger partial charge in [-0.3, -0.25) is 0 Å². The molecule has 1 rings (SSSR count). The van der Waals surface area contributed by atoms with E-state index in [2.05, 4.69) is 10.6 Å². The number of nitrogens with one attached hydrogen (secondary N) is 2. The zero-order valence-corrected chi connectivity index (χ0v) is 11.7. The summed E-state index contributed by atoms with van der Waals surface area (Å²) in [7, 11) is 3.11. The SMILES string of the molecule is COc1ccc(NC(=O)N/C=C/C(C)C)cc1OC. The van der Waals surface area contributed by atoms with Crippen molar-refractivity contribution in [1.82, 2.24) is 5.32 Å². The van der Waals surface area contributed by atoms with Gasteiger partial charge in [-0.25, -0.2) is 4.79 Å². The molecule has 0 spiro atoms. The number of allylic oxidation sites excluding steroid dienone is 1. The number of hydrogen-bond donors (Lipinski definition) is 2. The van der Waals surface area contributed by atoms with E-state index < -0.39 is 0 Å². The lowest BCUT2D eigenvalue weighted by Crippen LogP contribution is -2.23. The van der Waals surface area contributed by atoms with Crippen LogP contribution in [0, 0.1) is 5.92 Å². The first kappa shape index (κ1) is 14.9. The number of carbonyl (C=O) groups is 1. The second-order valence-electron chi connectivity index (χ2n) is 4.27. The van der Waals surface area contributed by atoms with Gasteiger partial charge in [-0.05, 0) is 18.1 Å². The minimum atomic E-state index is -0.302. The van der Waals surface area contributed by atoms with Crippen LogP contribution in [0.25, 0.3) is 0 Å². The number of methoxy groups -OCH3 is 2. The van der Waals surface area contributed by atoms with Crippen molar-refractivity contribution in [3.63, 3.8) is 0 Å². The molecule has 0 aliphatic rings. The van der Waals surface area contributed by atoms with E-state index in [0.717, 1.165) is 0 Å². The van der Waals surface area contributed by atoms with Crippen LogP contribution in [0.3, 0.4) is 0 Å². The first-order valence-electron chi connectivity index (χ1n) is 6.03. The molecule has 1 aromatic rings. The second kappa shape index (κ2) is 7.31. The van der Waals surface area contributed by atoms with Gasteiger partial charge in [-0.1, -0.05) is 19.9 Å². The minimum Gasteiger partial charge on any atom is -0.493 e. The van der Waals surface area contributed by atoms with E-state index >= 15 is 0 Å². The van der Waals surface area contributed by atoms with Crippen molar-refractivity contribution < 1.29 is 14.3 Å². The Morgan fingerprint density at radius 3 is 2.47 bits per heavy atom. The quantitative estimate of drug-likeness (QED) is 0.859. The number of rotatable bonds is 5. The molecule has 0 saturated carbocycles. The third kappa shape index (κ3) is 4.91. The molecule has 0 saturated heterocycles. The maximum Gasteiger partial charge on any atom is 0.323 e. The average Bonchev–Trinajstić information content (AvgIpc) is 2.38. The topological polar surface area (TPSA) is 59.6 Å². The molecule has 1 aromatic carbocycles. The van der Waals surface area contributed by atoms with Gasteiger partial charge in [0, 0.05) is 18.0 Å². The molecule has 19 heavy (non-hydrogen) atoms. The standard InChI is InChI=1S/C14H20N2O3/c1-10(2)7-8-15-14(17)16-11-5-6-12(18-3)13(9-11)19-4/h5-10H,1-4H3,(H2,15,16,17)/b8-7+. The monoisotopic (exact) mass is 264 g/mol. The summed E-state index contributed by atoms with van der Waals surface area (Å²) < 4.78 is 10.3. The molecule has 5 heteroatoms. The lowest BCUT2D eigenvalue weighted by molar-refractivity contribution is 0.255. The van der Waals surface area contributed by atoms with E-state index in [1.807, 2.05) is 19.9 Å². The van der Waals surface area contributed by atoms with Crippen molar-refractivity contribution in [2.24, 2.45) is 5.92 Å². The molecule has 0 aromatic heterocycles. The molecular formula is C14H20N2O3. The van der Waals surface area contributed by atoms with Crippen molar-refractivity contribution in [2.75, 3.05) is 19.5 Å². The van der Waals surface area contributed by atoms with Gasteiger partial charge in [-0.15, -0.1) is 0 Å².